The van der Waals surface area contributed by atoms with Gasteiger partial charge >= 0.3 is 30.4 Å². The molecule has 26 heavy (non-hydrogen) atoms. The molecule has 0 aliphatic rings. The Hall–Kier alpha value is 0.520. The van der Waals surface area contributed by atoms with Gasteiger partial charge in [-0.1, -0.05) is 0 Å². The fraction of sp³-hybridized carbons (Fsp3) is 1.00. The van der Waals surface area contributed by atoms with Gasteiger partial charge in [0.1, 0.15) is 25.1 Å². The monoisotopic (exact) mass is 464 g/mol. The number of hydrogen-bond acceptors (Lipinski definition) is 6. The van der Waals surface area contributed by atoms with Crippen molar-refractivity contribution >= 4 is 30.4 Å². The van der Waals surface area contributed by atoms with Gasteiger partial charge in [0, 0.05) is 0 Å². The zero-order valence-corrected chi connectivity index (χ0v) is 17.1. The molecule has 0 spiro atoms. The molecule has 0 atom stereocenters. The second-order valence-electron chi connectivity index (χ2n) is 5.72. The van der Waals surface area contributed by atoms with Crippen LogP contribution in [0, 0.1) is 0 Å². The minimum atomic E-state index is -4.57. The smallest absolute Gasteiger partial charge is 0.324 e. The third-order valence-electron chi connectivity index (χ3n) is 2.74. The Morgan fingerprint density at radius 3 is 0.808 bits per heavy atom. The summed E-state index contributed by atoms with van der Waals surface area (Å²) in [7, 11) is -18.3. The average Bonchev–Trinajstić information content (AvgIpc) is 2.25. The first kappa shape index (κ1) is 26.5. The molecule has 0 aromatic rings. The molecule has 0 fully saturated rings. The van der Waals surface area contributed by atoms with Crippen molar-refractivity contribution in [1.82, 2.24) is 9.80 Å². The first-order valence-electron chi connectivity index (χ1n) is 6.99. The van der Waals surface area contributed by atoms with Crippen molar-refractivity contribution in [3.05, 3.63) is 0 Å². The van der Waals surface area contributed by atoms with Gasteiger partial charge in [0.25, 0.3) is 0 Å². The van der Waals surface area contributed by atoms with E-state index >= 15 is 0 Å². The maximum atomic E-state index is 11.0. The summed E-state index contributed by atoms with van der Waals surface area (Å²) in [5.74, 6) is 0. The van der Waals surface area contributed by atoms with Crippen molar-refractivity contribution in [3.8, 4) is 0 Å². The predicted octanol–water partition coefficient (Wildman–Crippen LogP) is -1.09. The Bertz CT molecular complexity index is 517. The summed E-state index contributed by atoms with van der Waals surface area (Å²) in [6.07, 6.45) is -3.31. The van der Waals surface area contributed by atoms with E-state index in [0.29, 0.717) is 0 Å². The van der Waals surface area contributed by atoms with Crippen molar-refractivity contribution in [2.24, 2.45) is 0 Å². The minimum Gasteiger partial charge on any atom is -0.324 e. The Morgan fingerprint density at radius 2 is 0.654 bits per heavy atom. The molecule has 158 valence electrons. The van der Waals surface area contributed by atoms with Crippen LogP contribution in [0.15, 0.2) is 0 Å². The largest absolute Gasteiger partial charge is 0.339 e. The van der Waals surface area contributed by atoms with Gasteiger partial charge in [-0.2, -0.15) is 0 Å². The van der Waals surface area contributed by atoms with Crippen LogP contribution in [0.25, 0.3) is 0 Å². The Balaban J connectivity index is 4.69. The van der Waals surface area contributed by atoms with Crippen molar-refractivity contribution in [2.45, 2.75) is 12.8 Å². The van der Waals surface area contributed by atoms with E-state index in [2.05, 4.69) is 0 Å². The summed E-state index contributed by atoms with van der Waals surface area (Å²) < 4.78 is 44.0. The molecule has 14 nitrogen and oxygen atoms in total. The summed E-state index contributed by atoms with van der Waals surface area (Å²) in [5, 5.41) is 0. The SMILES string of the molecule is O=P(O)(O)CN(CCCCN(CP(=O)(O)O)CP(=O)(O)O)CP(=O)(O)O. The lowest BCUT2D eigenvalue weighted by atomic mass is 10.3. The molecule has 0 aliphatic carbocycles. The highest BCUT2D eigenvalue weighted by Gasteiger charge is 2.27. The standard InChI is InChI=1S/C8H24N2O12P4/c11-23(12,13)5-9(6-24(14,15)16)3-1-2-4-10(7-25(17,18)19)8-26(20,21)22/h1-8H2,(H2,11,12,13)(H2,14,15,16)(H2,17,18,19)(H2,20,21,22). The van der Waals surface area contributed by atoms with Crippen LogP contribution in [-0.4, -0.2) is 87.2 Å². The summed E-state index contributed by atoms with van der Waals surface area (Å²) in [5.41, 5.74) is 0. The summed E-state index contributed by atoms with van der Waals surface area (Å²) in [4.78, 5) is 73.1. The van der Waals surface area contributed by atoms with Crippen LogP contribution in [-0.2, 0) is 18.3 Å². The molecule has 0 aromatic carbocycles. The lowest BCUT2D eigenvalue weighted by Gasteiger charge is -2.25. The highest BCUT2D eigenvalue weighted by Crippen LogP contribution is 2.42. The lowest BCUT2D eigenvalue weighted by molar-refractivity contribution is 0.253. The van der Waals surface area contributed by atoms with Gasteiger partial charge in [-0.3, -0.25) is 28.1 Å². The number of hydrogen-bond donors (Lipinski definition) is 8. The average molecular weight is 464 g/mol. The van der Waals surface area contributed by atoms with Crippen LogP contribution in [0.1, 0.15) is 12.8 Å². The molecular weight excluding hydrogens is 440 g/mol. The van der Waals surface area contributed by atoms with Gasteiger partial charge in [-0.05, 0) is 25.9 Å². The molecule has 0 heterocycles. The summed E-state index contributed by atoms with van der Waals surface area (Å²) in [6, 6.07) is 0. The van der Waals surface area contributed by atoms with Crippen LogP contribution in [0.4, 0.5) is 0 Å². The second kappa shape index (κ2) is 10.3. The number of rotatable bonds is 13. The second-order valence-corrected chi connectivity index (χ2v) is 12.2. The third kappa shape index (κ3) is 17.9. The minimum absolute atomic E-state index is 0.110. The van der Waals surface area contributed by atoms with Crippen molar-refractivity contribution < 1.29 is 57.4 Å². The molecule has 0 aliphatic heterocycles. The van der Waals surface area contributed by atoms with Crippen LogP contribution in [0.2, 0.25) is 0 Å². The molecule has 0 saturated carbocycles. The number of nitrogens with zero attached hydrogens (tertiary/aromatic N) is 2. The zero-order valence-electron chi connectivity index (χ0n) is 13.6. The fourth-order valence-electron chi connectivity index (χ4n) is 2.09. The van der Waals surface area contributed by atoms with Gasteiger partial charge < -0.3 is 39.1 Å². The van der Waals surface area contributed by atoms with Gasteiger partial charge in [-0.25, -0.2) is 0 Å². The van der Waals surface area contributed by atoms with Crippen molar-refractivity contribution in [2.75, 3.05) is 38.2 Å². The molecule has 0 rings (SSSR count). The van der Waals surface area contributed by atoms with E-state index in [1.807, 2.05) is 0 Å². The number of unbranched alkanes of at least 4 members (excludes halogenated alkanes) is 1. The van der Waals surface area contributed by atoms with Crippen LogP contribution >= 0.6 is 30.4 Å². The zero-order chi connectivity index (χ0) is 20.8. The van der Waals surface area contributed by atoms with E-state index in [0.717, 1.165) is 9.80 Å². The molecule has 8 N–H and O–H groups in total. The summed E-state index contributed by atoms with van der Waals surface area (Å²) >= 11 is 0. The predicted molar refractivity (Wildman–Crippen MR) is 90.3 cm³/mol. The maximum Gasteiger partial charge on any atom is 0.339 e. The molecule has 0 aromatic heterocycles. The van der Waals surface area contributed by atoms with Gasteiger partial charge in [0.05, 0.1) is 0 Å². The Labute approximate surface area is 149 Å². The molecule has 0 unspecified atom stereocenters. The summed E-state index contributed by atoms with van der Waals surface area (Å²) in [6.45, 7) is -0.286. The Kier molecular flexibility index (Phi) is 10.5. The van der Waals surface area contributed by atoms with E-state index < -0.39 is 55.5 Å². The molecule has 0 bridgehead atoms. The van der Waals surface area contributed by atoms with E-state index in [1.165, 1.54) is 0 Å². The Morgan fingerprint density at radius 1 is 0.462 bits per heavy atom. The topological polar surface area (TPSA) is 237 Å². The van der Waals surface area contributed by atoms with Crippen molar-refractivity contribution in [1.29, 1.82) is 0 Å². The molecule has 0 radical (unpaired) electrons. The van der Waals surface area contributed by atoms with Gasteiger partial charge in [0.15, 0.2) is 0 Å². The van der Waals surface area contributed by atoms with Crippen LogP contribution < -0.4 is 0 Å². The highest BCUT2D eigenvalue weighted by atomic mass is 31.2. The normalized spacial score (nSPS) is 14.4. The van der Waals surface area contributed by atoms with E-state index in [-0.39, 0.29) is 25.9 Å². The molecule has 0 amide bonds. The van der Waals surface area contributed by atoms with E-state index in [4.69, 9.17) is 39.1 Å². The lowest BCUT2D eigenvalue weighted by Crippen LogP contribution is -2.30. The highest BCUT2D eigenvalue weighted by molar-refractivity contribution is 7.53. The molecule has 0 saturated heterocycles. The molecule has 18 heteroatoms. The van der Waals surface area contributed by atoms with Crippen LogP contribution in [0.3, 0.4) is 0 Å². The van der Waals surface area contributed by atoms with E-state index in [1.54, 1.807) is 0 Å². The first-order chi connectivity index (χ1) is 11.4. The quantitative estimate of drug-likeness (QED) is 0.119. The van der Waals surface area contributed by atoms with Gasteiger partial charge in [-0.15, -0.1) is 0 Å². The maximum absolute atomic E-state index is 11.0. The first-order valence-corrected chi connectivity index (χ1v) is 14.2. The fourth-order valence-corrected chi connectivity index (χ4v) is 5.45. The third-order valence-corrected chi connectivity index (χ3v) is 5.81. The van der Waals surface area contributed by atoms with Crippen molar-refractivity contribution in [3.63, 3.8) is 0 Å². The van der Waals surface area contributed by atoms with E-state index in [9.17, 15) is 18.3 Å². The molecular formula is C8H24N2O12P4. The van der Waals surface area contributed by atoms with Gasteiger partial charge in [0.2, 0.25) is 0 Å². The van der Waals surface area contributed by atoms with Crippen LogP contribution in [0.5, 0.6) is 0 Å².